The highest BCUT2D eigenvalue weighted by atomic mass is 32.2. The van der Waals surface area contributed by atoms with Gasteiger partial charge in [-0.25, -0.2) is 4.98 Å². The van der Waals surface area contributed by atoms with E-state index >= 15 is 0 Å². The Bertz CT molecular complexity index is 1120. The number of rotatable bonds is 4. The Morgan fingerprint density at radius 1 is 1.07 bits per heavy atom. The average Bonchev–Trinajstić information content (AvgIpc) is 3.12. The number of carbonyl (C=O) groups is 1. The number of aryl methyl sites for hydroxylation is 2. The smallest absolute Gasteiger partial charge is 0.255 e. The highest BCUT2D eigenvalue weighted by molar-refractivity contribution is 7.99. The Hall–Kier alpha value is -3.19. The number of hydrogen-bond donors (Lipinski definition) is 1. The van der Waals surface area contributed by atoms with Crippen LogP contribution in [0.1, 0.15) is 21.6 Å². The van der Waals surface area contributed by atoms with Gasteiger partial charge in [0.1, 0.15) is 11.4 Å². The van der Waals surface area contributed by atoms with E-state index in [-0.39, 0.29) is 5.91 Å². The lowest BCUT2D eigenvalue weighted by Gasteiger charge is -2.11. The molecule has 4 rings (SSSR count). The summed E-state index contributed by atoms with van der Waals surface area (Å²) in [5.41, 5.74) is 3.35. The highest BCUT2D eigenvalue weighted by Gasteiger charge is 2.13. The van der Waals surface area contributed by atoms with Crippen molar-refractivity contribution in [3.63, 3.8) is 0 Å². The molecule has 0 aliphatic carbocycles. The summed E-state index contributed by atoms with van der Waals surface area (Å²) in [5.74, 6) is 0.415. The largest absolute Gasteiger partial charge is 0.321 e. The topological polar surface area (TPSA) is 72.2 Å². The molecule has 6 nitrogen and oxygen atoms in total. The average molecular weight is 375 g/mol. The molecule has 4 aromatic rings. The van der Waals surface area contributed by atoms with Crippen molar-refractivity contribution in [1.29, 1.82) is 0 Å². The van der Waals surface area contributed by atoms with Gasteiger partial charge in [0, 0.05) is 16.2 Å². The summed E-state index contributed by atoms with van der Waals surface area (Å²) < 4.78 is 1.69. The lowest BCUT2D eigenvalue weighted by molar-refractivity contribution is 0.102. The summed E-state index contributed by atoms with van der Waals surface area (Å²) in [6.07, 6.45) is 1.48. The number of nitrogens with one attached hydrogen (secondary N) is 1. The lowest BCUT2D eigenvalue weighted by atomic mass is 10.1. The van der Waals surface area contributed by atoms with Gasteiger partial charge < -0.3 is 5.32 Å². The Kier molecular flexibility index (Phi) is 4.60. The Labute approximate surface area is 160 Å². The van der Waals surface area contributed by atoms with Gasteiger partial charge in [-0.2, -0.15) is 14.6 Å². The van der Waals surface area contributed by atoms with E-state index < -0.39 is 0 Å². The molecular weight excluding hydrogens is 358 g/mol. The highest BCUT2D eigenvalue weighted by Crippen LogP contribution is 2.33. The number of fused-ring (bicyclic) bond motifs is 1. The summed E-state index contributed by atoms with van der Waals surface area (Å²) >= 11 is 1.51. The molecule has 0 aliphatic rings. The van der Waals surface area contributed by atoms with Crippen LogP contribution in [0.3, 0.4) is 0 Å². The van der Waals surface area contributed by atoms with E-state index in [4.69, 9.17) is 0 Å². The quantitative estimate of drug-likeness (QED) is 0.543. The zero-order valence-electron chi connectivity index (χ0n) is 14.9. The Morgan fingerprint density at radius 2 is 1.85 bits per heavy atom. The zero-order chi connectivity index (χ0) is 18.8. The second kappa shape index (κ2) is 7.20. The minimum Gasteiger partial charge on any atom is -0.321 e. The van der Waals surface area contributed by atoms with E-state index in [2.05, 4.69) is 20.4 Å². The second-order valence-corrected chi connectivity index (χ2v) is 7.19. The molecule has 0 radical (unpaired) electrons. The van der Waals surface area contributed by atoms with E-state index in [1.807, 2.05) is 68.4 Å². The second-order valence-electron chi connectivity index (χ2n) is 6.13. The molecule has 0 unspecified atom stereocenters. The van der Waals surface area contributed by atoms with Crippen LogP contribution in [0.15, 0.2) is 70.8 Å². The van der Waals surface area contributed by atoms with Crippen LogP contribution in [0, 0.1) is 13.8 Å². The summed E-state index contributed by atoms with van der Waals surface area (Å²) in [7, 11) is 0. The predicted octanol–water partition coefficient (Wildman–Crippen LogP) is 4.14. The molecule has 0 saturated carbocycles. The molecule has 0 aliphatic heterocycles. The maximum atomic E-state index is 12.6. The molecule has 27 heavy (non-hydrogen) atoms. The van der Waals surface area contributed by atoms with E-state index in [1.54, 1.807) is 4.52 Å². The molecule has 0 fully saturated rings. The molecule has 7 heteroatoms. The number of para-hydroxylation sites is 1. The van der Waals surface area contributed by atoms with Crippen molar-refractivity contribution in [2.75, 3.05) is 5.32 Å². The number of aromatic nitrogens is 4. The molecule has 2 aromatic carbocycles. The predicted molar refractivity (Wildman–Crippen MR) is 105 cm³/mol. The lowest BCUT2D eigenvalue weighted by Crippen LogP contribution is -2.12. The first-order chi connectivity index (χ1) is 13.1. The van der Waals surface area contributed by atoms with Gasteiger partial charge in [0.2, 0.25) is 0 Å². The Balaban J connectivity index is 1.64. The van der Waals surface area contributed by atoms with Crippen molar-refractivity contribution in [2.45, 2.75) is 23.8 Å². The van der Waals surface area contributed by atoms with Crippen molar-refractivity contribution in [1.82, 2.24) is 19.6 Å². The number of benzene rings is 2. The summed E-state index contributed by atoms with van der Waals surface area (Å²) in [6.45, 7) is 3.92. The van der Waals surface area contributed by atoms with Gasteiger partial charge in [-0.05, 0) is 44.2 Å². The van der Waals surface area contributed by atoms with Crippen LogP contribution in [0.2, 0.25) is 0 Å². The van der Waals surface area contributed by atoms with Crippen LogP contribution >= 0.6 is 11.8 Å². The van der Waals surface area contributed by atoms with Crippen molar-refractivity contribution in [2.24, 2.45) is 0 Å². The molecule has 1 N–H and O–H groups in total. The Morgan fingerprint density at radius 3 is 2.67 bits per heavy atom. The van der Waals surface area contributed by atoms with Gasteiger partial charge in [0.25, 0.3) is 11.7 Å². The summed E-state index contributed by atoms with van der Waals surface area (Å²) in [4.78, 5) is 22.0. The first kappa shape index (κ1) is 17.2. The third-order valence-corrected chi connectivity index (χ3v) is 5.09. The van der Waals surface area contributed by atoms with Gasteiger partial charge in [-0.3, -0.25) is 4.79 Å². The number of nitrogens with zero attached hydrogens (tertiary/aromatic N) is 4. The fraction of sp³-hybridized carbons (Fsp3) is 0.100. The number of amides is 1. The third kappa shape index (κ3) is 3.68. The van der Waals surface area contributed by atoms with Crippen LogP contribution in [-0.2, 0) is 0 Å². The SMILES string of the molecule is Cc1ccc(C(=O)Nc2ccccc2Sc2cc(C)nc3ncnn23)cc1. The summed E-state index contributed by atoms with van der Waals surface area (Å²) in [5, 5.41) is 8.12. The molecule has 0 bridgehead atoms. The molecule has 134 valence electrons. The third-order valence-electron chi connectivity index (χ3n) is 4.01. The molecule has 0 atom stereocenters. The van der Waals surface area contributed by atoms with Gasteiger partial charge in [0.15, 0.2) is 0 Å². The van der Waals surface area contributed by atoms with Gasteiger partial charge in [0.05, 0.1) is 5.69 Å². The van der Waals surface area contributed by atoms with Crippen molar-refractivity contribution in [3.8, 4) is 0 Å². The van der Waals surface area contributed by atoms with E-state index in [1.165, 1.54) is 18.1 Å². The maximum Gasteiger partial charge on any atom is 0.255 e. The van der Waals surface area contributed by atoms with Gasteiger partial charge >= 0.3 is 0 Å². The van der Waals surface area contributed by atoms with Crippen LogP contribution in [0.25, 0.3) is 5.78 Å². The molecule has 0 saturated heterocycles. The van der Waals surface area contributed by atoms with E-state index in [9.17, 15) is 4.79 Å². The molecule has 1 amide bonds. The number of hydrogen-bond acceptors (Lipinski definition) is 5. The van der Waals surface area contributed by atoms with Crippen LogP contribution in [0.5, 0.6) is 0 Å². The van der Waals surface area contributed by atoms with Gasteiger partial charge in [-0.15, -0.1) is 0 Å². The first-order valence-corrected chi connectivity index (χ1v) is 9.24. The minimum absolute atomic E-state index is 0.139. The summed E-state index contributed by atoms with van der Waals surface area (Å²) in [6, 6.07) is 17.2. The molecule has 2 aromatic heterocycles. The normalized spacial score (nSPS) is 10.9. The van der Waals surface area contributed by atoms with E-state index in [0.29, 0.717) is 11.3 Å². The van der Waals surface area contributed by atoms with Crippen molar-refractivity contribution in [3.05, 3.63) is 77.7 Å². The molecule has 2 heterocycles. The van der Waals surface area contributed by atoms with Crippen LogP contribution in [-0.4, -0.2) is 25.5 Å². The fourth-order valence-electron chi connectivity index (χ4n) is 2.64. The standard InChI is InChI=1S/C20H17N5OS/c1-13-7-9-15(10-8-13)19(26)24-16-5-3-4-6-17(16)27-18-11-14(2)23-20-21-12-22-25(18)20/h3-12H,1-2H3,(H,24,26). The fourth-order valence-corrected chi connectivity index (χ4v) is 3.69. The molecular formula is C20H17N5OS. The number of anilines is 1. The monoisotopic (exact) mass is 375 g/mol. The van der Waals surface area contributed by atoms with E-state index in [0.717, 1.165) is 26.9 Å². The zero-order valence-corrected chi connectivity index (χ0v) is 15.7. The van der Waals surface area contributed by atoms with Crippen LogP contribution in [0.4, 0.5) is 5.69 Å². The maximum absolute atomic E-state index is 12.6. The molecule has 0 spiro atoms. The van der Waals surface area contributed by atoms with Crippen molar-refractivity contribution >= 4 is 29.1 Å². The minimum atomic E-state index is -0.139. The van der Waals surface area contributed by atoms with Crippen molar-refractivity contribution < 1.29 is 4.79 Å². The number of carbonyl (C=O) groups excluding carboxylic acids is 1. The first-order valence-electron chi connectivity index (χ1n) is 8.42. The van der Waals surface area contributed by atoms with Gasteiger partial charge in [-0.1, -0.05) is 41.6 Å². The van der Waals surface area contributed by atoms with Crippen LogP contribution < -0.4 is 5.32 Å².